The van der Waals surface area contributed by atoms with Gasteiger partial charge < -0.3 is 5.32 Å². The molecule has 0 atom stereocenters. The summed E-state index contributed by atoms with van der Waals surface area (Å²) in [5.74, 6) is 1.21. The van der Waals surface area contributed by atoms with E-state index in [1.54, 1.807) is 16.9 Å². The third-order valence-corrected chi connectivity index (χ3v) is 4.10. The fourth-order valence-corrected chi connectivity index (χ4v) is 2.92. The van der Waals surface area contributed by atoms with Crippen LogP contribution in [0.1, 0.15) is 11.3 Å². The zero-order valence-corrected chi connectivity index (χ0v) is 13.9. The van der Waals surface area contributed by atoms with Gasteiger partial charge in [0.2, 0.25) is 5.91 Å². The van der Waals surface area contributed by atoms with Crippen molar-refractivity contribution in [3.63, 3.8) is 0 Å². The lowest BCUT2D eigenvalue weighted by atomic mass is 10.2. The molecule has 7 heteroatoms. The molecule has 0 saturated carbocycles. The number of benzene rings is 1. The van der Waals surface area contributed by atoms with E-state index in [-0.39, 0.29) is 5.91 Å². The molecule has 0 aliphatic carbocycles. The Kier molecular flexibility index (Phi) is 3.99. The van der Waals surface area contributed by atoms with E-state index in [0.29, 0.717) is 25.5 Å². The Labute approximate surface area is 145 Å². The molecular weight excluding hydrogens is 316 g/mol. The number of carbonyl (C=O) groups is 1. The summed E-state index contributed by atoms with van der Waals surface area (Å²) in [6.07, 6.45) is 3.66. The lowest BCUT2D eigenvalue weighted by Crippen LogP contribution is -2.29. The van der Waals surface area contributed by atoms with Crippen molar-refractivity contribution < 1.29 is 4.79 Å². The van der Waals surface area contributed by atoms with Gasteiger partial charge in [-0.05, 0) is 0 Å². The van der Waals surface area contributed by atoms with Gasteiger partial charge in [0.15, 0.2) is 11.6 Å². The van der Waals surface area contributed by atoms with Crippen LogP contribution in [0.5, 0.6) is 0 Å². The van der Waals surface area contributed by atoms with Gasteiger partial charge in [0.1, 0.15) is 0 Å². The normalized spacial score (nSPS) is 13.6. The summed E-state index contributed by atoms with van der Waals surface area (Å²) in [7, 11) is 1.82. The van der Waals surface area contributed by atoms with E-state index in [9.17, 15) is 4.79 Å². The number of aromatic nitrogens is 4. The summed E-state index contributed by atoms with van der Waals surface area (Å²) in [4.78, 5) is 23.3. The minimum absolute atomic E-state index is 0.0808. The smallest absolute Gasteiger partial charge is 0.239 e. The summed E-state index contributed by atoms with van der Waals surface area (Å²) in [6.45, 7) is 1.63. The minimum Gasteiger partial charge on any atom is -0.308 e. The second-order valence-corrected chi connectivity index (χ2v) is 6.10. The molecule has 1 N–H and O–H groups in total. The first kappa shape index (κ1) is 15.5. The number of anilines is 1. The van der Waals surface area contributed by atoms with Crippen LogP contribution in [0.4, 0.5) is 5.82 Å². The van der Waals surface area contributed by atoms with E-state index in [1.807, 2.05) is 48.5 Å². The molecule has 25 heavy (non-hydrogen) atoms. The van der Waals surface area contributed by atoms with E-state index in [0.717, 1.165) is 22.6 Å². The number of rotatable bonds is 4. The van der Waals surface area contributed by atoms with Crippen LogP contribution in [-0.2, 0) is 24.9 Å². The first-order valence-corrected chi connectivity index (χ1v) is 8.09. The van der Waals surface area contributed by atoms with Gasteiger partial charge in [-0.1, -0.05) is 30.3 Å². The molecule has 4 rings (SSSR count). The van der Waals surface area contributed by atoms with Crippen molar-refractivity contribution in [1.82, 2.24) is 24.6 Å². The molecule has 2 aromatic heterocycles. The molecule has 3 aromatic rings. The maximum Gasteiger partial charge on any atom is 0.239 e. The molecule has 1 amide bonds. The standard InChI is InChI=1S/C18H18N6O/c1-23-8-7-16(22-23)21-17(25)12-24-10-14-9-19-18(20-15(14)11-24)13-5-3-2-4-6-13/h2-9H,10-12H2,1H3,(H,21,22,25). The Morgan fingerprint density at radius 2 is 2.04 bits per heavy atom. The van der Waals surface area contributed by atoms with Crippen LogP contribution in [0, 0.1) is 0 Å². The number of aryl methyl sites for hydroxylation is 1. The Balaban J connectivity index is 1.42. The average Bonchev–Trinajstić information content (AvgIpc) is 3.20. The van der Waals surface area contributed by atoms with Crippen molar-refractivity contribution in [2.24, 2.45) is 7.05 Å². The SMILES string of the molecule is Cn1ccc(NC(=O)CN2Cc3cnc(-c4ccccc4)nc3C2)n1. The molecule has 0 fully saturated rings. The van der Waals surface area contributed by atoms with Crippen LogP contribution in [-0.4, -0.2) is 37.1 Å². The molecule has 0 unspecified atom stereocenters. The lowest BCUT2D eigenvalue weighted by molar-refractivity contribution is -0.117. The summed E-state index contributed by atoms with van der Waals surface area (Å²) in [5, 5.41) is 6.96. The molecular formula is C18H18N6O. The van der Waals surface area contributed by atoms with Gasteiger partial charge in [-0.15, -0.1) is 0 Å². The van der Waals surface area contributed by atoms with E-state index >= 15 is 0 Å². The first-order valence-electron chi connectivity index (χ1n) is 8.09. The van der Waals surface area contributed by atoms with Gasteiger partial charge >= 0.3 is 0 Å². The fourth-order valence-electron chi connectivity index (χ4n) is 2.92. The van der Waals surface area contributed by atoms with Gasteiger partial charge in [0.05, 0.1) is 12.2 Å². The highest BCUT2D eigenvalue weighted by Crippen LogP contribution is 2.23. The van der Waals surface area contributed by atoms with Crippen LogP contribution < -0.4 is 5.32 Å². The molecule has 7 nitrogen and oxygen atoms in total. The Bertz CT molecular complexity index is 905. The maximum atomic E-state index is 12.2. The first-order chi connectivity index (χ1) is 12.2. The summed E-state index contributed by atoms with van der Waals surface area (Å²) in [6, 6.07) is 11.7. The monoisotopic (exact) mass is 334 g/mol. The predicted molar refractivity (Wildman–Crippen MR) is 93.4 cm³/mol. The van der Waals surface area contributed by atoms with Gasteiger partial charge in [0.25, 0.3) is 0 Å². The van der Waals surface area contributed by atoms with Crippen molar-refractivity contribution in [3.8, 4) is 11.4 Å². The highest BCUT2D eigenvalue weighted by Gasteiger charge is 2.23. The van der Waals surface area contributed by atoms with E-state index in [1.165, 1.54) is 0 Å². The van der Waals surface area contributed by atoms with E-state index < -0.39 is 0 Å². The number of nitrogens with one attached hydrogen (secondary N) is 1. The van der Waals surface area contributed by atoms with Crippen molar-refractivity contribution in [2.75, 3.05) is 11.9 Å². The molecule has 3 heterocycles. The topological polar surface area (TPSA) is 75.9 Å². The predicted octanol–water partition coefficient (Wildman–Crippen LogP) is 1.83. The Morgan fingerprint density at radius 3 is 2.80 bits per heavy atom. The Hall–Kier alpha value is -3.06. The molecule has 1 aromatic carbocycles. The summed E-state index contributed by atoms with van der Waals surface area (Å²) >= 11 is 0. The van der Waals surface area contributed by atoms with E-state index in [2.05, 4.69) is 20.4 Å². The van der Waals surface area contributed by atoms with Crippen LogP contribution in [0.25, 0.3) is 11.4 Å². The van der Waals surface area contributed by atoms with Crippen molar-refractivity contribution in [1.29, 1.82) is 0 Å². The fraction of sp³-hybridized carbons (Fsp3) is 0.222. The highest BCUT2D eigenvalue weighted by atomic mass is 16.2. The quantitative estimate of drug-likeness (QED) is 0.788. The molecule has 126 valence electrons. The largest absolute Gasteiger partial charge is 0.308 e. The van der Waals surface area contributed by atoms with Crippen LogP contribution in [0.2, 0.25) is 0 Å². The average molecular weight is 334 g/mol. The molecule has 0 saturated heterocycles. The van der Waals surface area contributed by atoms with E-state index in [4.69, 9.17) is 0 Å². The number of fused-ring (bicyclic) bond motifs is 1. The van der Waals surface area contributed by atoms with Crippen molar-refractivity contribution in [3.05, 3.63) is 60.0 Å². The Morgan fingerprint density at radius 1 is 1.20 bits per heavy atom. The number of nitrogens with zero attached hydrogens (tertiary/aromatic N) is 5. The number of hydrogen-bond donors (Lipinski definition) is 1. The third-order valence-electron chi connectivity index (χ3n) is 4.10. The molecule has 0 radical (unpaired) electrons. The van der Waals surface area contributed by atoms with Crippen molar-refractivity contribution >= 4 is 11.7 Å². The van der Waals surface area contributed by atoms with Crippen LogP contribution in [0.3, 0.4) is 0 Å². The van der Waals surface area contributed by atoms with Crippen LogP contribution in [0.15, 0.2) is 48.8 Å². The zero-order chi connectivity index (χ0) is 17.2. The molecule has 0 bridgehead atoms. The number of amides is 1. The van der Waals surface area contributed by atoms with Gasteiger partial charge in [0, 0.05) is 49.7 Å². The number of hydrogen-bond acceptors (Lipinski definition) is 5. The van der Waals surface area contributed by atoms with Crippen LogP contribution >= 0.6 is 0 Å². The lowest BCUT2D eigenvalue weighted by Gasteiger charge is -2.13. The van der Waals surface area contributed by atoms with Crippen molar-refractivity contribution in [2.45, 2.75) is 13.1 Å². The van der Waals surface area contributed by atoms with Gasteiger partial charge in [-0.2, -0.15) is 5.10 Å². The molecule has 1 aliphatic heterocycles. The van der Waals surface area contributed by atoms with Gasteiger partial charge in [-0.25, -0.2) is 9.97 Å². The van der Waals surface area contributed by atoms with Gasteiger partial charge in [-0.3, -0.25) is 14.4 Å². The third kappa shape index (κ3) is 3.41. The second kappa shape index (κ2) is 6.45. The zero-order valence-electron chi connectivity index (χ0n) is 13.9. The minimum atomic E-state index is -0.0808. The highest BCUT2D eigenvalue weighted by molar-refractivity contribution is 5.91. The number of carbonyl (C=O) groups excluding carboxylic acids is 1. The summed E-state index contributed by atoms with van der Waals surface area (Å²) in [5.41, 5.74) is 3.06. The molecule has 1 aliphatic rings. The second-order valence-electron chi connectivity index (χ2n) is 6.10. The molecule has 0 spiro atoms. The maximum absolute atomic E-state index is 12.2. The summed E-state index contributed by atoms with van der Waals surface area (Å²) < 4.78 is 1.65.